The lowest BCUT2D eigenvalue weighted by Crippen LogP contribution is -2.50. The van der Waals surface area contributed by atoms with Gasteiger partial charge in [0.15, 0.2) is 0 Å². The number of para-hydroxylation sites is 1. The van der Waals surface area contributed by atoms with Gasteiger partial charge in [-0.05, 0) is 49.3 Å². The van der Waals surface area contributed by atoms with Crippen molar-refractivity contribution in [1.29, 1.82) is 0 Å². The van der Waals surface area contributed by atoms with Crippen molar-refractivity contribution in [2.45, 2.75) is 25.8 Å². The lowest BCUT2D eigenvalue weighted by atomic mass is 9.81. The number of carbonyl (C=O) groups excluding carboxylic acids is 3. The fraction of sp³-hybridized carbons (Fsp3) is 0.348. The molecule has 0 radical (unpaired) electrons. The van der Waals surface area contributed by atoms with Crippen LogP contribution in [0.4, 0.5) is 11.4 Å². The molecule has 2 saturated carbocycles. The predicted octanol–water partition coefficient (Wildman–Crippen LogP) is 3.74. The van der Waals surface area contributed by atoms with Gasteiger partial charge in [0.1, 0.15) is 5.56 Å². The van der Waals surface area contributed by atoms with E-state index in [0.29, 0.717) is 0 Å². The molecule has 2 aliphatic carbocycles. The van der Waals surface area contributed by atoms with E-state index in [4.69, 9.17) is 11.6 Å². The molecule has 0 unspecified atom stereocenters. The van der Waals surface area contributed by atoms with Gasteiger partial charge in [0.25, 0.3) is 29.1 Å². The first-order valence-corrected chi connectivity index (χ1v) is 11.4. The van der Waals surface area contributed by atoms with Crippen LogP contribution >= 0.6 is 11.6 Å². The van der Waals surface area contributed by atoms with Gasteiger partial charge >= 0.3 is 0 Å². The summed E-state index contributed by atoms with van der Waals surface area (Å²) in [5.74, 6) is -3.09. The summed E-state index contributed by atoms with van der Waals surface area (Å²) >= 11 is 5.91. The normalized spacial score (nSPS) is 24.5. The summed E-state index contributed by atoms with van der Waals surface area (Å²) in [6.07, 6.45) is 2.42. The van der Waals surface area contributed by atoms with E-state index >= 15 is 0 Å². The SMILES string of the molecule is O=C(c1ccccc1[N+](=O)[O-])N(Cc1ccc(Cl)cc1[N+](=O)[O-])N1C(=O)[C@@H]2[C@H]3CC[C@@H](C3)[C@H]2C1=O. The second kappa shape index (κ2) is 8.42. The zero-order valence-corrected chi connectivity index (χ0v) is 19.0. The molecule has 180 valence electrons. The molecule has 4 atom stereocenters. The van der Waals surface area contributed by atoms with Gasteiger partial charge in [-0.2, -0.15) is 5.01 Å². The Balaban J connectivity index is 1.60. The highest BCUT2D eigenvalue weighted by Gasteiger charge is 2.62. The molecule has 0 aromatic heterocycles. The van der Waals surface area contributed by atoms with Crippen LogP contribution in [0.1, 0.15) is 35.2 Å². The smallest absolute Gasteiger partial charge is 0.272 e. The molecular formula is C23H19ClN4O7. The fourth-order valence-electron chi connectivity index (χ4n) is 5.82. The van der Waals surface area contributed by atoms with Gasteiger partial charge in [0.05, 0.1) is 33.8 Å². The van der Waals surface area contributed by atoms with Crippen LogP contribution in [0.3, 0.4) is 0 Å². The van der Waals surface area contributed by atoms with Crippen molar-refractivity contribution in [3.8, 4) is 0 Å². The quantitative estimate of drug-likeness (QED) is 0.335. The molecule has 3 fully saturated rings. The summed E-state index contributed by atoms with van der Waals surface area (Å²) in [5.41, 5.74) is -1.23. The van der Waals surface area contributed by atoms with Gasteiger partial charge < -0.3 is 0 Å². The molecule has 2 aromatic carbocycles. The van der Waals surface area contributed by atoms with Crippen LogP contribution < -0.4 is 0 Å². The van der Waals surface area contributed by atoms with Crippen LogP contribution in [0.25, 0.3) is 0 Å². The molecule has 2 bridgehead atoms. The van der Waals surface area contributed by atoms with Crippen molar-refractivity contribution in [1.82, 2.24) is 10.0 Å². The Morgan fingerprint density at radius 1 is 0.971 bits per heavy atom. The minimum Gasteiger partial charge on any atom is -0.272 e. The minimum absolute atomic E-state index is 0.0203. The summed E-state index contributed by atoms with van der Waals surface area (Å²) in [4.78, 5) is 62.4. The van der Waals surface area contributed by atoms with Crippen molar-refractivity contribution in [3.63, 3.8) is 0 Å². The number of fused-ring (bicyclic) bond motifs is 5. The maximum atomic E-state index is 13.7. The third kappa shape index (κ3) is 3.63. The molecule has 2 aromatic rings. The van der Waals surface area contributed by atoms with Crippen molar-refractivity contribution < 1.29 is 24.2 Å². The maximum absolute atomic E-state index is 13.7. The number of hydrazine groups is 1. The standard InChI is InChI=1S/C23H19ClN4O7/c24-15-8-7-14(18(10-15)28(34)35)11-25(21(29)16-3-1-2-4-17(16)27(32)33)26-22(30)19-12-5-6-13(9-12)20(19)23(26)31/h1-4,7-8,10,12-13,19-20H,5-6,9,11H2/t12-,13-,19+,20+/m0/s1. The van der Waals surface area contributed by atoms with Crippen LogP contribution in [0.15, 0.2) is 42.5 Å². The first-order chi connectivity index (χ1) is 16.7. The molecule has 1 aliphatic heterocycles. The molecule has 1 heterocycles. The van der Waals surface area contributed by atoms with E-state index in [1.54, 1.807) is 0 Å². The zero-order chi connectivity index (χ0) is 25.0. The number of imide groups is 1. The molecule has 35 heavy (non-hydrogen) atoms. The number of amides is 3. The first-order valence-electron chi connectivity index (χ1n) is 11.0. The number of rotatable bonds is 6. The lowest BCUT2D eigenvalue weighted by molar-refractivity contribution is -0.385. The topological polar surface area (TPSA) is 144 Å². The van der Waals surface area contributed by atoms with Gasteiger partial charge in [-0.15, -0.1) is 0 Å². The molecule has 11 nitrogen and oxygen atoms in total. The van der Waals surface area contributed by atoms with Crippen molar-refractivity contribution >= 4 is 40.7 Å². The van der Waals surface area contributed by atoms with E-state index in [-0.39, 0.29) is 28.0 Å². The average Bonchev–Trinajstić information content (AvgIpc) is 3.52. The zero-order valence-electron chi connectivity index (χ0n) is 18.2. The monoisotopic (exact) mass is 498 g/mol. The molecule has 3 amide bonds. The number of nitrogens with zero attached hydrogens (tertiary/aromatic N) is 4. The van der Waals surface area contributed by atoms with E-state index < -0.39 is 57.3 Å². The van der Waals surface area contributed by atoms with Crippen LogP contribution in [-0.2, 0) is 16.1 Å². The van der Waals surface area contributed by atoms with E-state index in [9.17, 15) is 34.6 Å². The molecular weight excluding hydrogens is 480 g/mol. The highest BCUT2D eigenvalue weighted by Crippen LogP contribution is 2.56. The van der Waals surface area contributed by atoms with E-state index in [1.807, 2.05) is 0 Å². The van der Waals surface area contributed by atoms with Gasteiger partial charge in [0, 0.05) is 17.2 Å². The number of hydrogen-bond acceptors (Lipinski definition) is 7. The largest absolute Gasteiger partial charge is 0.282 e. The highest BCUT2D eigenvalue weighted by atomic mass is 35.5. The number of benzene rings is 2. The van der Waals surface area contributed by atoms with Crippen molar-refractivity contribution in [2.24, 2.45) is 23.7 Å². The van der Waals surface area contributed by atoms with Gasteiger partial charge in [-0.3, -0.25) is 34.6 Å². The third-order valence-electron chi connectivity index (χ3n) is 7.28. The van der Waals surface area contributed by atoms with Crippen LogP contribution in [-0.4, -0.2) is 37.6 Å². The van der Waals surface area contributed by atoms with Crippen LogP contribution in [0.2, 0.25) is 5.02 Å². The van der Waals surface area contributed by atoms with Crippen LogP contribution in [0.5, 0.6) is 0 Å². The second-order valence-corrected chi connectivity index (χ2v) is 9.48. The first kappa shape index (κ1) is 22.9. The van der Waals surface area contributed by atoms with Crippen molar-refractivity contribution in [2.75, 3.05) is 0 Å². The Labute approximate surface area is 203 Å². The number of halogens is 1. The third-order valence-corrected chi connectivity index (χ3v) is 7.51. The number of carbonyl (C=O) groups is 3. The minimum atomic E-state index is -0.976. The summed E-state index contributed by atoms with van der Waals surface area (Å²) < 4.78 is 0. The van der Waals surface area contributed by atoms with Crippen LogP contribution in [0, 0.1) is 43.9 Å². The summed E-state index contributed by atoms with van der Waals surface area (Å²) in [6.45, 7) is -0.523. The molecule has 5 rings (SSSR count). The Hall–Kier alpha value is -3.86. The number of hydrogen-bond donors (Lipinski definition) is 0. The summed E-state index contributed by atoms with van der Waals surface area (Å²) in [7, 11) is 0. The predicted molar refractivity (Wildman–Crippen MR) is 121 cm³/mol. The second-order valence-electron chi connectivity index (χ2n) is 9.04. The Morgan fingerprint density at radius 3 is 2.17 bits per heavy atom. The lowest BCUT2D eigenvalue weighted by Gasteiger charge is -2.31. The van der Waals surface area contributed by atoms with E-state index in [1.165, 1.54) is 30.3 Å². The molecule has 1 saturated heterocycles. The number of nitro groups is 2. The average molecular weight is 499 g/mol. The fourth-order valence-corrected chi connectivity index (χ4v) is 5.99. The Kier molecular flexibility index (Phi) is 5.51. The Morgan fingerprint density at radius 2 is 1.57 bits per heavy atom. The molecule has 3 aliphatic rings. The number of nitro benzene ring substituents is 2. The van der Waals surface area contributed by atoms with Gasteiger partial charge in [0.2, 0.25) is 0 Å². The van der Waals surface area contributed by atoms with E-state index in [0.717, 1.165) is 41.4 Å². The van der Waals surface area contributed by atoms with Crippen molar-refractivity contribution in [3.05, 3.63) is 78.8 Å². The highest BCUT2D eigenvalue weighted by molar-refractivity contribution is 6.30. The Bertz CT molecular complexity index is 1270. The molecule has 0 N–H and O–H groups in total. The summed E-state index contributed by atoms with van der Waals surface area (Å²) in [5, 5.41) is 24.9. The van der Waals surface area contributed by atoms with Gasteiger partial charge in [-0.1, -0.05) is 23.7 Å². The van der Waals surface area contributed by atoms with Gasteiger partial charge in [-0.25, -0.2) is 5.01 Å². The van der Waals surface area contributed by atoms with E-state index in [2.05, 4.69) is 0 Å². The summed E-state index contributed by atoms with van der Waals surface area (Å²) in [6, 6.07) is 8.99. The maximum Gasteiger partial charge on any atom is 0.282 e. The molecule has 12 heteroatoms. The molecule has 0 spiro atoms.